The van der Waals surface area contributed by atoms with Gasteiger partial charge in [0.25, 0.3) is 0 Å². The van der Waals surface area contributed by atoms with Crippen molar-refractivity contribution in [2.75, 3.05) is 12.8 Å². The Balaban J connectivity index is 1.89. The predicted octanol–water partition coefficient (Wildman–Crippen LogP) is 0.525. The normalized spacial score (nSPS) is 24.9. The first-order valence-corrected chi connectivity index (χ1v) is 6.62. The van der Waals surface area contributed by atoms with E-state index < -0.39 is 5.41 Å². The molecule has 0 aromatic heterocycles. The van der Waals surface area contributed by atoms with Crippen LogP contribution in [-0.4, -0.2) is 34.5 Å². The average molecular weight is 243 g/mol. The van der Waals surface area contributed by atoms with Gasteiger partial charge in [0.1, 0.15) is 5.41 Å². The van der Waals surface area contributed by atoms with Crippen molar-refractivity contribution in [2.24, 2.45) is 16.3 Å². The molecule has 2 saturated carbocycles. The summed E-state index contributed by atoms with van der Waals surface area (Å²) in [6.07, 6.45) is 5.74. The SMILES string of the molecule is CSC1(CNC(=O)C2(C(N)=NO)CC2)CC1. The van der Waals surface area contributed by atoms with Crippen LogP contribution in [-0.2, 0) is 4.79 Å². The number of nitrogens with two attached hydrogens (primary N) is 1. The second-order valence-corrected chi connectivity index (χ2v) is 5.91. The molecule has 1 amide bonds. The zero-order valence-electron chi connectivity index (χ0n) is 9.32. The molecule has 0 radical (unpaired) electrons. The van der Waals surface area contributed by atoms with E-state index in [-0.39, 0.29) is 16.5 Å². The Labute approximate surface area is 98.8 Å². The number of rotatable bonds is 5. The van der Waals surface area contributed by atoms with Crippen molar-refractivity contribution in [1.29, 1.82) is 0 Å². The Bertz CT molecular complexity index is 335. The molecule has 4 N–H and O–H groups in total. The van der Waals surface area contributed by atoms with Gasteiger partial charge in [-0.1, -0.05) is 5.16 Å². The van der Waals surface area contributed by atoms with Gasteiger partial charge in [-0.15, -0.1) is 0 Å². The van der Waals surface area contributed by atoms with E-state index in [1.54, 1.807) is 11.8 Å². The van der Waals surface area contributed by atoms with Gasteiger partial charge in [0.2, 0.25) is 5.91 Å². The highest BCUT2D eigenvalue weighted by Gasteiger charge is 2.55. The Hall–Kier alpha value is -0.910. The first-order valence-electron chi connectivity index (χ1n) is 5.40. The first kappa shape index (κ1) is 11.6. The molecule has 0 atom stereocenters. The van der Waals surface area contributed by atoms with Crippen LogP contribution in [0.2, 0.25) is 0 Å². The molecule has 90 valence electrons. The molecular weight excluding hydrogens is 226 g/mol. The Morgan fingerprint density at radius 2 is 2.12 bits per heavy atom. The number of carbonyl (C=O) groups excluding carboxylic acids is 1. The van der Waals surface area contributed by atoms with E-state index in [4.69, 9.17) is 10.9 Å². The zero-order valence-corrected chi connectivity index (χ0v) is 10.1. The number of hydrogen-bond acceptors (Lipinski definition) is 4. The molecule has 0 saturated heterocycles. The van der Waals surface area contributed by atoms with E-state index in [2.05, 4.69) is 16.7 Å². The topological polar surface area (TPSA) is 87.7 Å². The smallest absolute Gasteiger partial charge is 0.234 e. The van der Waals surface area contributed by atoms with Crippen LogP contribution in [0.5, 0.6) is 0 Å². The van der Waals surface area contributed by atoms with E-state index in [1.165, 1.54) is 0 Å². The van der Waals surface area contributed by atoms with Gasteiger partial charge in [0.15, 0.2) is 5.84 Å². The van der Waals surface area contributed by atoms with Crippen LogP contribution in [0.25, 0.3) is 0 Å². The molecule has 0 unspecified atom stereocenters. The molecule has 2 fully saturated rings. The van der Waals surface area contributed by atoms with E-state index in [0.29, 0.717) is 19.4 Å². The summed E-state index contributed by atoms with van der Waals surface area (Å²) in [5.74, 6) is -0.0536. The largest absolute Gasteiger partial charge is 0.409 e. The van der Waals surface area contributed by atoms with E-state index in [0.717, 1.165) is 12.8 Å². The summed E-state index contributed by atoms with van der Waals surface area (Å²) in [4.78, 5) is 11.9. The van der Waals surface area contributed by atoms with Crippen molar-refractivity contribution in [3.8, 4) is 0 Å². The third-order valence-electron chi connectivity index (χ3n) is 3.59. The minimum absolute atomic E-state index is 0.0407. The van der Waals surface area contributed by atoms with Crippen LogP contribution in [0.3, 0.4) is 0 Å². The van der Waals surface area contributed by atoms with Crippen LogP contribution < -0.4 is 11.1 Å². The minimum atomic E-state index is -0.719. The maximum absolute atomic E-state index is 11.9. The Morgan fingerprint density at radius 1 is 1.50 bits per heavy atom. The lowest BCUT2D eigenvalue weighted by molar-refractivity contribution is -0.124. The molecule has 2 aliphatic carbocycles. The summed E-state index contributed by atoms with van der Waals surface area (Å²) in [5, 5.41) is 14.5. The molecule has 0 aromatic carbocycles. The third-order valence-corrected chi connectivity index (χ3v) is 5.01. The number of amidine groups is 1. The van der Waals surface area contributed by atoms with Gasteiger partial charge in [-0.2, -0.15) is 11.8 Å². The lowest BCUT2D eigenvalue weighted by atomic mass is 10.1. The van der Waals surface area contributed by atoms with Crippen LogP contribution >= 0.6 is 11.8 Å². The molecule has 5 nitrogen and oxygen atoms in total. The summed E-state index contributed by atoms with van der Waals surface area (Å²) in [7, 11) is 0. The van der Waals surface area contributed by atoms with E-state index >= 15 is 0 Å². The van der Waals surface area contributed by atoms with Gasteiger partial charge in [-0.05, 0) is 31.9 Å². The average Bonchev–Trinajstić information content (AvgIpc) is 3.18. The fourth-order valence-electron chi connectivity index (χ4n) is 1.82. The Morgan fingerprint density at radius 3 is 2.50 bits per heavy atom. The second-order valence-electron chi connectivity index (χ2n) is 4.64. The van der Waals surface area contributed by atoms with Crippen molar-refractivity contribution in [3.05, 3.63) is 0 Å². The fraction of sp³-hybridized carbons (Fsp3) is 0.800. The molecular formula is C10H17N3O2S. The highest BCUT2D eigenvalue weighted by molar-refractivity contribution is 8.00. The first-order chi connectivity index (χ1) is 7.58. The lowest BCUT2D eigenvalue weighted by Gasteiger charge is -2.17. The highest BCUT2D eigenvalue weighted by Crippen LogP contribution is 2.48. The van der Waals surface area contributed by atoms with E-state index in [1.807, 2.05) is 0 Å². The molecule has 0 spiro atoms. The molecule has 2 rings (SSSR count). The van der Waals surface area contributed by atoms with Gasteiger partial charge in [0.05, 0.1) is 0 Å². The number of carbonyl (C=O) groups is 1. The molecule has 0 bridgehead atoms. The van der Waals surface area contributed by atoms with Crippen LogP contribution in [0.4, 0.5) is 0 Å². The second kappa shape index (κ2) is 3.84. The van der Waals surface area contributed by atoms with Crippen molar-refractivity contribution >= 4 is 23.5 Å². The van der Waals surface area contributed by atoms with Crippen molar-refractivity contribution in [3.63, 3.8) is 0 Å². The van der Waals surface area contributed by atoms with Crippen LogP contribution in [0.15, 0.2) is 5.16 Å². The molecule has 6 heteroatoms. The third kappa shape index (κ3) is 1.86. The molecule has 16 heavy (non-hydrogen) atoms. The number of hydrogen-bond donors (Lipinski definition) is 3. The van der Waals surface area contributed by atoms with Crippen molar-refractivity contribution in [2.45, 2.75) is 30.4 Å². The zero-order chi connectivity index (χ0) is 11.8. The van der Waals surface area contributed by atoms with Gasteiger partial charge < -0.3 is 16.3 Å². The number of nitrogens with one attached hydrogen (secondary N) is 1. The summed E-state index contributed by atoms with van der Waals surface area (Å²) in [5.41, 5.74) is 4.82. The number of thioether (sulfide) groups is 1. The summed E-state index contributed by atoms with van der Waals surface area (Å²) in [6.45, 7) is 0.688. The molecule has 2 aliphatic rings. The summed E-state index contributed by atoms with van der Waals surface area (Å²) < 4.78 is 0.247. The maximum Gasteiger partial charge on any atom is 0.234 e. The van der Waals surface area contributed by atoms with Gasteiger partial charge in [0, 0.05) is 11.3 Å². The molecule has 0 heterocycles. The number of oxime groups is 1. The quantitative estimate of drug-likeness (QED) is 0.284. The monoisotopic (exact) mass is 243 g/mol. The Kier molecular flexibility index (Phi) is 2.77. The van der Waals surface area contributed by atoms with E-state index in [9.17, 15) is 4.79 Å². The maximum atomic E-state index is 11.9. The molecule has 0 aliphatic heterocycles. The van der Waals surface area contributed by atoms with Gasteiger partial charge in [-0.25, -0.2) is 0 Å². The number of nitrogens with zero attached hydrogens (tertiary/aromatic N) is 1. The van der Waals surface area contributed by atoms with Gasteiger partial charge >= 0.3 is 0 Å². The summed E-state index contributed by atoms with van der Waals surface area (Å²) in [6, 6.07) is 0. The standard InChI is InChI=1S/C10H17N3O2S/c1-16-9(2-3-9)6-12-8(14)10(4-5-10)7(11)13-15/h15H,2-6H2,1H3,(H2,11,13)(H,12,14). The minimum Gasteiger partial charge on any atom is -0.409 e. The van der Waals surface area contributed by atoms with Crippen molar-refractivity contribution < 1.29 is 10.0 Å². The van der Waals surface area contributed by atoms with Crippen molar-refractivity contribution in [1.82, 2.24) is 5.32 Å². The summed E-state index contributed by atoms with van der Waals surface area (Å²) >= 11 is 1.80. The van der Waals surface area contributed by atoms with Crippen LogP contribution in [0.1, 0.15) is 25.7 Å². The predicted molar refractivity (Wildman–Crippen MR) is 63.6 cm³/mol. The highest BCUT2D eigenvalue weighted by atomic mass is 32.2. The number of amides is 1. The van der Waals surface area contributed by atoms with Crippen LogP contribution in [0, 0.1) is 5.41 Å². The molecule has 0 aromatic rings. The lowest BCUT2D eigenvalue weighted by Crippen LogP contribution is -2.43. The van der Waals surface area contributed by atoms with Gasteiger partial charge in [-0.3, -0.25) is 4.79 Å². The fourth-order valence-corrected chi connectivity index (χ4v) is 2.55.